The smallest absolute Gasteiger partial charge is 0.256 e. The Balaban J connectivity index is 1.54. The molecule has 1 fully saturated rings. The third-order valence-corrected chi connectivity index (χ3v) is 5.85. The number of nitrogens with one attached hydrogen (secondary N) is 4. The molecule has 0 spiro atoms. The molecule has 138 valence electrons. The Morgan fingerprint density at radius 2 is 1.85 bits per heavy atom. The van der Waals surface area contributed by atoms with E-state index in [0.717, 1.165) is 54.9 Å². The molecular weight excluding hydrogens is 340 g/mol. The molecule has 0 bridgehead atoms. The Morgan fingerprint density at radius 3 is 2.70 bits per heavy atom. The zero-order chi connectivity index (χ0) is 18.4. The molecule has 0 radical (unpaired) electrons. The summed E-state index contributed by atoms with van der Waals surface area (Å²) in [5.74, 6) is 0.396. The summed E-state index contributed by atoms with van der Waals surface area (Å²) in [6.45, 7) is 2.71. The summed E-state index contributed by atoms with van der Waals surface area (Å²) in [5, 5.41) is 9.22. The van der Waals surface area contributed by atoms with E-state index in [9.17, 15) is 9.59 Å². The molecule has 1 aromatic heterocycles. The molecule has 0 saturated carbocycles. The first-order valence-corrected chi connectivity index (χ1v) is 9.57. The first-order valence-electron chi connectivity index (χ1n) is 9.57. The maximum Gasteiger partial charge on any atom is 0.256 e. The van der Waals surface area contributed by atoms with Gasteiger partial charge in [-0.1, -0.05) is 6.07 Å². The van der Waals surface area contributed by atoms with Gasteiger partial charge in [-0.15, -0.1) is 0 Å². The summed E-state index contributed by atoms with van der Waals surface area (Å²) in [6.07, 6.45) is 6.64. The van der Waals surface area contributed by atoms with E-state index in [-0.39, 0.29) is 11.8 Å². The van der Waals surface area contributed by atoms with Gasteiger partial charge in [0.1, 0.15) is 0 Å². The number of anilines is 1. The number of amides is 2. The highest BCUT2D eigenvalue weighted by Gasteiger charge is 2.27. The summed E-state index contributed by atoms with van der Waals surface area (Å²) in [5.41, 5.74) is 6.30. The van der Waals surface area contributed by atoms with E-state index in [1.807, 2.05) is 12.1 Å². The monoisotopic (exact) mass is 362 g/mol. The fourth-order valence-corrected chi connectivity index (χ4v) is 4.37. The van der Waals surface area contributed by atoms with Crippen molar-refractivity contribution in [2.75, 3.05) is 25.0 Å². The minimum atomic E-state index is -0.0870. The summed E-state index contributed by atoms with van der Waals surface area (Å²) in [7, 11) is 0. The normalized spacial score (nSPS) is 21.0. The number of rotatable bonds is 2. The number of aromatic amines is 1. The van der Waals surface area contributed by atoms with Gasteiger partial charge in [0, 0.05) is 29.7 Å². The van der Waals surface area contributed by atoms with Crippen LogP contribution in [0.5, 0.6) is 0 Å². The number of piperidine rings is 1. The van der Waals surface area contributed by atoms with Crippen LogP contribution in [0.3, 0.4) is 0 Å². The number of hydrogen-bond acceptors (Lipinski definition) is 3. The molecule has 3 aliphatic rings. The molecule has 3 aliphatic heterocycles. The SMILES string of the molecule is O=C1Nc2ccc(C3CCNCC3)cc2/C1=C/c1[nH]cc2c1CCNC2=O. The van der Waals surface area contributed by atoms with E-state index in [1.165, 1.54) is 5.56 Å². The first kappa shape index (κ1) is 16.3. The Bertz CT molecular complexity index is 967. The van der Waals surface area contributed by atoms with Gasteiger partial charge in [-0.25, -0.2) is 0 Å². The minimum Gasteiger partial charge on any atom is -0.361 e. The number of carbonyl (C=O) groups excluding carboxylic acids is 2. The van der Waals surface area contributed by atoms with E-state index in [4.69, 9.17) is 0 Å². The van der Waals surface area contributed by atoms with E-state index in [1.54, 1.807) is 6.20 Å². The fourth-order valence-electron chi connectivity index (χ4n) is 4.37. The molecule has 1 saturated heterocycles. The Kier molecular flexibility index (Phi) is 3.86. The molecule has 5 rings (SSSR count). The average molecular weight is 362 g/mol. The largest absolute Gasteiger partial charge is 0.361 e. The first-order chi connectivity index (χ1) is 13.2. The molecule has 6 heteroatoms. The van der Waals surface area contributed by atoms with Crippen LogP contribution in [0.2, 0.25) is 0 Å². The van der Waals surface area contributed by atoms with E-state index >= 15 is 0 Å². The zero-order valence-corrected chi connectivity index (χ0v) is 15.0. The number of fused-ring (bicyclic) bond motifs is 2. The molecule has 6 nitrogen and oxygen atoms in total. The second kappa shape index (κ2) is 6.39. The van der Waals surface area contributed by atoms with Crippen LogP contribution in [-0.2, 0) is 11.2 Å². The number of hydrogen-bond donors (Lipinski definition) is 4. The van der Waals surface area contributed by atoms with Crippen molar-refractivity contribution in [1.29, 1.82) is 0 Å². The van der Waals surface area contributed by atoms with Crippen molar-refractivity contribution in [2.24, 2.45) is 0 Å². The van der Waals surface area contributed by atoms with Gasteiger partial charge in [0.15, 0.2) is 0 Å². The number of aromatic nitrogens is 1. The summed E-state index contributed by atoms with van der Waals surface area (Å²) in [4.78, 5) is 27.8. The quantitative estimate of drug-likeness (QED) is 0.618. The third kappa shape index (κ3) is 2.77. The van der Waals surface area contributed by atoms with Crippen LogP contribution < -0.4 is 16.0 Å². The van der Waals surface area contributed by atoms with Crippen LogP contribution in [0, 0.1) is 0 Å². The molecule has 0 aliphatic carbocycles. The minimum absolute atomic E-state index is 0.0541. The molecule has 2 amide bonds. The maximum absolute atomic E-state index is 12.6. The van der Waals surface area contributed by atoms with Crippen molar-refractivity contribution >= 4 is 29.2 Å². The molecule has 0 unspecified atom stereocenters. The van der Waals surface area contributed by atoms with Gasteiger partial charge < -0.3 is 20.9 Å². The molecule has 4 N–H and O–H groups in total. The van der Waals surface area contributed by atoms with E-state index in [2.05, 4.69) is 33.1 Å². The van der Waals surface area contributed by atoms with Crippen LogP contribution in [0.4, 0.5) is 5.69 Å². The zero-order valence-electron chi connectivity index (χ0n) is 15.0. The van der Waals surface area contributed by atoms with Crippen molar-refractivity contribution < 1.29 is 9.59 Å². The van der Waals surface area contributed by atoms with Crippen LogP contribution in [-0.4, -0.2) is 36.4 Å². The van der Waals surface area contributed by atoms with Gasteiger partial charge in [-0.05, 0) is 67.6 Å². The maximum atomic E-state index is 12.6. The molecule has 4 heterocycles. The van der Waals surface area contributed by atoms with Crippen molar-refractivity contribution in [2.45, 2.75) is 25.2 Å². The Hall–Kier alpha value is -2.86. The average Bonchev–Trinajstić information content (AvgIpc) is 3.25. The topological polar surface area (TPSA) is 86.0 Å². The van der Waals surface area contributed by atoms with Crippen molar-refractivity contribution in [1.82, 2.24) is 15.6 Å². The summed E-state index contributed by atoms with van der Waals surface area (Å²) < 4.78 is 0. The number of carbonyl (C=O) groups is 2. The number of H-pyrrole nitrogens is 1. The lowest BCUT2D eigenvalue weighted by molar-refractivity contribution is -0.110. The van der Waals surface area contributed by atoms with Crippen LogP contribution >= 0.6 is 0 Å². The predicted molar refractivity (Wildman–Crippen MR) is 105 cm³/mol. The Labute approximate surface area is 157 Å². The summed E-state index contributed by atoms with van der Waals surface area (Å²) >= 11 is 0. The van der Waals surface area contributed by atoms with Gasteiger partial charge in [0.25, 0.3) is 11.8 Å². The van der Waals surface area contributed by atoms with Gasteiger partial charge in [-0.2, -0.15) is 0 Å². The highest BCUT2D eigenvalue weighted by Crippen LogP contribution is 2.37. The van der Waals surface area contributed by atoms with Gasteiger partial charge in [-0.3, -0.25) is 9.59 Å². The van der Waals surface area contributed by atoms with Crippen LogP contribution in [0.25, 0.3) is 11.6 Å². The van der Waals surface area contributed by atoms with Gasteiger partial charge in [0.2, 0.25) is 0 Å². The second-order valence-corrected chi connectivity index (χ2v) is 7.44. The van der Waals surface area contributed by atoms with Crippen molar-refractivity contribution in [3.05, 3.63) is 52.3 Å². The molecule has 0 atom stereocenters. The fraction of sp³-hybridized carbons (Fsp3) is 0.333. The van der Waals surface area contributed by atoms with Gasteiger partial charge >= 0.3 is 0 Å². The van der Waals surface area contributed by atoms with Gasteiger partial charge in [0.05, 0.1) is 11.1 Å². The lowest BCUT2D eigenvalue weighted by atomic mass is 9.88. The molecular formula is C21H22N4O2. The number of benzene rings is 1. The highest BCUT2D eigenvalue weighted by molar-refractivity contribution is 6.35. The summed E-state index contributed by atoms with van der Waals surface area (Å²) in [6, 6.07) is 6.32. The van der Waals surface area contributed by atoms with Crippen LogP contribution in [0.1, 0.15) is 51.5 Å². The standard InChI is InChI=1S/C21H22N4O2/c26-20-17-11-24-19(14(17)5-8-23-20)10-16-15-9-13(12-3-6-22-7-4-12)1-2-18(15)25-21(16)27/h1-2,9-12,22,24H,3-8H2,(H,23,26)(H,25,27)/b16-10-. The molecule has 2 aromatic rings. The molecule has 1 aromatic carbocycles. The third-order valence-electron chi connectivity index (χ3n) is 5.85. The Morgan fingerprint density at radius 1 is 1.00 bits per heavy atom. The van der Waals surface area contributed by atoms with E-state index in [0.29, 0.717) is 23.6 Å². The predicted octanol–water partition coefficient (Wildman–Crippen LogP) is 2.26. The van der Waals surface area contributed by atoms with Crippen molar-refractivity contribution in [3.8, 4) is 0 Å². The van der Waals surface area contributed by atoms with Crippen molar-refractivity contribution in [3.63, 3.8) is 0 Å². The highest BCUT2D eigenvalue weighted by atomic mass is 16.2. The van der Waals surface area contributed by atoms with Crippen LogP contribution in [0.15, 0.2) is 24.4 Å². The van der Waals surface area contributed by atoms with E-state index < -0.39 is 0 Å². The second-order valence-electron chi connectivity index (χ2n) is 7.44. The lowest BCUT2D eigenvalue weighted by Gasteiger charge is -2.23. The lowest BCUT2D eigenvalue weighted by Crippen LogP contribution is -2.31. The molecule has 27 heavy (non-hydrogen) atoms.